The lowest BCUT2D eigenvalue weighted by Gasteiger charge is -2.20. The van der Waals surface area contributed by atoms with Crippen molar-refractivity contribution in [2.24, 2.45) is 0 Å². The topological polar surface area (TPSA) is 18.5 Å². The summed E-state index contributed by atoms with van der Waals surface area (Å²) in [7, 11) is 0. The predicted molar refractivity (Wildman–Crippen MR) is 44.3 cm³/mol. The van der Waals surface area contributed by atoms with Gasteiger partial charge in [-0.2, -0.15) is 0 Å². The average molecular weight is 156 g/mol. The molecule has 0 aromatic carbocycles. The molecule has 2 atom stereocenters. The molecule has 2 unspecified atom stereocenters. The van der Waals surface area contributed by atoms with Crippen LogP contribution >= 0.6 is 0 Å². The standard InChI is InChI=1S/C9H16O2/c1-3-8(10-4-2)9-6-5-7-11-9/h4,8-9H,2-3,5-7H2,1H3. The fourth-order valence-corrected chi connectivity index (χ4v) is 1.47. The Morgan fingerprint density at radius 3 is 3.09 bits per heavy atom. The third-order valence-corrected chi connectivity index (χ3v) is 2.05. The summed E-state index contributed by atoms with van der Waals surface area (Å²) in [5.74, 6) is 0. The van der Waals surface area contributed by atoms with Crippen LogP contribution in [-0.2, 0) is 9.47 Å². The van der Waals surface area contributed by atoms with Crippen LogP contribution in [0.25, 0.3) is 0 Å². The molecule has 11 heavy (non-hydrogen) atoms. The number of rotatable bonds is 4. The van der Waals surface area contributed by atoms with Crippen molar-refractivity contribution in [3.63, 3.8) is 0 Å². The first-order valence-electron chi connectivity index (χ1n) is 4.26. The first kappa shape index (κ1) is 8.60. The Kier molecular flexibility index (Phi) is 3.43. The normalized spacial score (nSPS) is 26.5. The van der Waals surface area contributed by atoms with Crippen molar-refractivity contribution < 1.29 is 9.47 Å². The number of ether oxygens (including phenoxy) is 2. The van der Waals surface area contributed by atoms with Crippen LogP contribution in [0, 0.1) is 0 Å². The summed E-state index contributed by atoms with van der Waals surface area (Å²) in [6.45, 7) is 6.54. The van der Waals surface area contributed by atoms with Gasteiger partial charge in [0.25, 0.3) is 0 Å². The van der Waals surface area contributed by atoms with E-state index in [4.69, 9.17) is 9.47 Å². The molecule has 1 rings (SSSR count). The summed E-state index contributed by atoms with van der Waals surface area (Å²) in [6, 6.07) is 0. The molecule has 1 saturated heterocycles. The molecule has 0 aromatic heterocycles. The van der Waals surface area contributed by atoms with E-state index in [1.54, 1.807) is 0 Å². The lowest BCUT2D eigenvalue weighted by Crippen LogP contribution is -2.25. The third kappa shape index (κ3) is 2.22. The SMILES string of the molecule is C=COC(CC)C1CCCO1. The summed E-state index contributed by atoms with van der Waals surface area (Å²) in [5.41, 5.74) is 0. The van der Waals surface area contributed by atoms with Crippen molar-refractivity contribution in [2.45, 2.75) is 38.4 Å². The minimum absolute atomic E-state index is 0.218. The fourth-order valence-electron chi connectivity index (χ4n) is 1.47. The Balaban J connectivity index is 2.33. The van der Waals surface area contributed by atoms with E-state index in [1.165, 1.54) is 12.7 Å². The van der Waals surface area contributed by atoms with Gasteiger partial charge < -0.3 is 9.47 Å². The van der Waals surface area contributed by atoms with Gasteiger partial charge in [-0.05, 0) is 19.3 Å². The van der Waals surface area contributed by atoms with Crippen LogP contribution < -0.4 is 0 Å². The summed E-state index contributed by atoms with van der Waals surface area (Å²) >= 11 is 0. The molecular formula is C9H16O2. The second-order valence-electron chi connectivity index (χ2n) is 2.80. The summed E-state index contributed by atoms with van der Waals surface area (Å²) in [6.07, 6.45) is 5.33. The number of hydrogen-bond acceptors (Lipinski definition) is 2. The Morgan fingerprint density at radius 1 is 1.82 bits per heavy atom. The molecule has 0 bridgehead atoms. The summed E-state index contributed by atoms with van der Waals surface area (Å²) in [4.78, 5) is 0. The third-order valence-electron chi connectivity index (χ3n) is 2.05. The van der Waals surface area contributed by atoms with E-state index in [2.05, 4.69) is 13.5 Å². The van der Waals surface area contributed by atoms with Gasteiger partial charge in [0.05, 0.1) is 12.4 Å². The molecule has 0 radical (unpaired) electrons. The zero-order chi connectivity index (χ0) is 8.10. The maximum Gasteiger partial charge on any atom is 0.124 e. The van der Waals surface area contributed by atoms with Crippen molar-refractivity contribution in [1.82, 2.24) is 0 Å². The monoisotopic (exact) mass is 156 g/mol. The van der Waals surface area contributed by atoms with E-state index in [9.17, 15) is 0 Å². The van der Waals surface area contributed by atoms with Crippen molar-refractivity contribution in [2.75, 3.05) is 6.61 Å². The van der Waals surface area contributed by atoms with E-state index in [0.29, 0.717) is 6.10 Å². The molecule has 2 heteroatoms. The fraction of sp³-hybridized carbons (Fsp3) is 0.778. The molecule has 0 spiro atoms. The van der Waals surface area contributed by atoms with Gasteiger partial charge >= 0.3 is 0 Å². The largest absolute Gasteiger partial charge is 0.496 e. The zero-order valence-electron chi connectivity index (χ0n) is 7.08. The van der Waals surface area contributed by atoms with Crippen LogP contribution in [0.1, 0.15) is 26.2 Å². The molecule has 1 heterocycles. The van der Waals surface area contributed by atoms with E-state index < -0.39 is 0 Å². The second kappa shape index (κ2) is 4.39. The smallest absolute Gasteiger partial charge is 0.124 e. The van der Waals surface area contributed by atoms with Crippen LogP contribution in [0.4, 0.5) is 0 Å². The first-order chi connectivity index (χ1) is 5.38. The quantitative estimate of drug-likeness (QED) is 0.580. The Hall–Kier alpha value is -0.500. The molecular weight excluding hydrogens is 140 g/mol. The van der Waals surface area contributed by atoms with E-state index in [1.807, 2.05) is 0 Å². The van der Waals surface area contributed by atoms with Crippen molar-refractivity contribution in [3.8, 4) is 0 Å². The van der Waals surface area contributed by atoms with Gasteiger partial charge in [0, 0.05) is 6.61 Å². The zero-order valence-corrected chi connectivity index (χ0v) is 7.08. The minimum atomic E-state index is 0.218. The first-order valence-corrected chi connectivity index (χ1v) is 4.26. The lowest BCUT2D eigenvalue weighted by molar-refractivity contribution is -0.0108. The molecule has 0 aliphatic carbocycles. The van der Waals surface area contributed by atoms with Crippen LogP contribution in [0.15, 0.2) is 12.8 Å². The van der Waals surface area contributed by atoms with Gasteiger partial charge in [0.1, 0.15) is 6.10 Å². The Bertz CT molecular complexity index is 117. The lowest BCUT2D eigenvalue weighted by atomic mass is 10.1. The van der Waals surface area contributed by atoms with Gasteiger partial charge in [-0.15, -0.1) is 0 Å². The summed E-state index contributed by atoms with van der Waals surface area (Å²) in [5, 5.41) is 0. The maximum absolute atomic E-state index is 5.49. The highest BCUT2D eigenvalue weighted by molar-refractivity contribution is 4.75. The van der Waals surface area contributed by atoms with E-state index in [-0.39, 0.29) is 6.10 Å². The maximum atomic E-state index is 5.49. The Labute approximate surface area is 68.2 Å². The summed E-state index contributed by atoms with van der Waals surface area (Å²) < 4.78 is 10.8. The molecule has 0 saturated carbocycles. The van der Waals surface area contributed by atoms with Gasteiger partial charge in [-0.3, -0.25) is 0 Å². The van der Waals surface area contributed by atoms with Crippen molar-refractivity contribution in [3.05, 3.63) is 12.8 Å². The molecule has 1 aliphatic heterocycles. The molecule has 64 valence electrons. The van der Waals surface area contributed by atoms with Gasteiger partial charge in [-0.25, -0.2) is 0 Å². The molecule has 2 nitrogen and oxygen atoms in total. The van der Waals surface area contributed by atoms with E-state index >= 15 is 0 Å². The molecule has 0 amide bonds. The average Bonchev–Trinajstić information content (AvgIpc) is 2.52. The molecule has 0 aromatic rings. The van der Waals surface area contributed by atoms with Gasteiger partial charge in [-0.1, -0.05) is 13.5 Å². The molecule has 0 N–H and O–H groups in total. The minimum Gasteiger partial charge on any atom is -0.496 e. The van der Waals surface area contributed by atoms with Gasteiger partial charge in [0.15, 0.2) is 0 Å². The van der Waals surface area contributed by atoms with Crippen molar-refractivity contribution in [1.29, 1.82) is 0 Å². The molecule has 1 fully saturated rings. The highest BCUT2D eigenvalue weighted by Gasteiger charge is 2.24. The van der Waals surface area contributed by atoms with Gasteiger partial charge in [0.2, 0.25) is 0 Å². The van der Waals surface area contributed by atoms with E-state index in [0.717, 1.165) is 19.4 Å². The Morgan fingerprint density at radius 2 is 2.64 bits per heavy atom. The van der Waals surface area contributed by atoms with Crippen LogP contribution in [0.2, 0.25) is 0 Å². The second-order valence-corrected chi connectivity index (χ2v) is 2.80. The number of hydrogen-bond donors (Lipinski definition) is 0. The predicted octanol–water partition coefficient (Wildman–Crippen LogP) is 2.10. The highest BCUT2D eigenvalue weighted by Crippen LogP contribution is 2.19. The molecule has 1 aliphatic rings. The van der Waals surface area contributed by atoms with Crippen LogP contribution in [0.5, 0.6) is 0 Å². The van der Waals surface area contributed by atoms with Crippen LogP contribution in [0.3, 0.4) is 0 Å². The highest BCUT2D eigenvalue weighted by atomic mass is 16.5. The van der Waals surface area contributed by atoms with Crippen LogP contribution in [-0.4, -0.2) is 18.8 Å². The van der Waals surface area contributed by atoms with Crippen molar-refractivity contribution >= 4 is 0 Å².